The number of rotatable bonds is 5. The minimum Gasteiger partial charge on any atom is -0.465 e. The maximum absolute atomic E-state index is 11.7. The number of carbonyl (C=O) groups excluding carboxylic acids is 1. The number of carbonyl (C=O) groups is 1. The van der Waals surface area contributed by atoms with Crippen LogP contribution in [0.4, 0.5) is 0 Å². The van der Waals surface area contributed by atoms with Crippen LogP contribution in [0.3, 0.4) is 0 Å². The Hall–Kier alpha value is -1.92. The lowest BCUT2D eigenvalue weighted by Crippen LogP contribution is -2.61. The van der Waals surface area contributed by atoms with E-state index in [9.17, 15) is 4.79 Å². The first-order valence-electron chi connectivity index (χ1n) is 8.21. The lowest BCUT2D eigenvalue weighted by molar-refractivity contribution is 0.0600. The molecule has 24 heavy (non-hydrogen) atoms. The summed E-state index contributed by atoms with van der Waals surface area (Å²) in [7, 11) is -1.70. The Morgan fingerprint density at radius 2 is 1.62 bits per heavy atom. The van der Waals surface area contributed by atoms with Gasteiger partial charge in [0.2, 0.25) is 0 Å². The van der Waals surface area contributed by atoms with Crippen molar-refractivity contribution >= 4 is 32.4 Å². The van der Waals surface area contributed by atoms with E-state index in [4.69, 9.17) is 4.74 Å². The highest BCUT2D eigenvalue weighted by Gasteiger charge is 2.40. The normalized spacial score (nSPS) is 12.4. The molecule has 0 saturated carbocycles. The third-order valence-electron chi connectivity index (χ3n) is 5.11. The molecule has 0 aliphatic heterocycles. The molecule has 2 nitrogen and oxygen atoms in total. The second-order valence-corrected chi connectivity index (χ2v) is 22.4. The summed E-state index contributed by atoms with van der Waals surface area (Å²) in [5, 5.41) is 1.51. The van der Waals surface area contributed by atoms with Crippen molar-refractivity contribution in [1.82, 2.24) is 0 Å². The van der Waals surface area contributed by atoms with Crippen LogP contribution in [0.5, 0.6) is 0 Å². The standard InChI is InChI=1S/C20H26O2Si2/c1-22-20(21)18-11-9-10-17(16-18)14-15-23(2,3)24(4,5)19-12-7-6-8-13-19/h6-16H,1-5H3/b15-14+. The van der Waals surface area contributed by atoms with Crippen molar-refractivity contribution in [1.29, 1.82) is 0 Å². The lowest BCUT2D eigenvalue weighted by atomic mass is 10.1. The minimum atomic E-state index is -1.57. The van der Waals surface area contributed by atoms with Gasteiger partial charge in [-0.25, -0.2) is 4.79 Å². The van der Waals surface area contributed by atoms with E-state index in [-0.39, 0.29) is 5.97 Å². The molecule has 0 N–H and O–H groups in total. The van der Waals surface area contributed by atoms with Crippen LogP contribution in [0.2, 0.25) is 26.2 Å². The van der Waals surface area contributed by atoms with E-state index in [2.05, 4.69) is 68.3 Å². The van der Waals surface area contributed by atoms with Crippen molar-refractivity contribution in [3.05, 3.63) is 71.4 Å². The van der Waals surface area contributed by atoms with Crippen LogP contribution in [-0.4, -0.2) is 28.3 Å². The first-order chi connectivity index (χ1) is 11.3. The van der Waals surface area contributed by atoms with Gasteiger partial charge in [0.15, 0.2) is 0 Å². The Morgan fingerprint density at radius 3 is 2.25 bits per heavy atom. The van der Waals surface area contributed by atoms with Gasteiger partial charge in [0, 0.05) is 0 Å². The number of benzene rings is 2. The first-order valence-corrected chi connectivity index (χ1v) is 15.3. The van der Waals surface area contributed by atoms with Crippen LogP contribution in [-0.2, 0) is 4.74 Å². The highest BCUT2D eigenvalue weighted by molar-refractivity contribution is 7.47. The third kappa shape index (κ3) is 3.94. The van der Waals surface area contributed by atoms with Crippen LogP contribution in [0.25, 0.3) is 6.08 Å². The van der Waals surface area contributed by atoms with Crippen LogP contribution >= 0.6 is 0 Å². The number of ether oxygens (including phenoxy) is 1. The molecule has 0 fully saturated rings. The highest BCUT2D eigenvalue weighted by atomic mass is 29.3. The Bertz CT molecular complexity index is 734. The molecule has 0 unspecified atom stereocenters. The summed E-state index contributed by atoms with van der Waals surface area (Å²) in [5.74, 6) is -0.291. The molecule has 2 rings (SSSR count). The van der Waals surface area contributed by atoms with Crippen LogP contribution in [0.15, 0.2) is 60.3 Å². The molecule has 0 heterocycles. The van der Waals surface area contributed by atoms with Gasteiger partial charge in [-0.05, 0) is 17.7 Å². The van der Waals surface area contributed by atoms with E-state index in [1.807, 2.05) is 18.2 Å². The van der Waals surface area contributed by atoms with Crippen LogP contribution in [0.1, 0.15) is 15.9 Å². The van der Waals surface area contributed by atoms with E-state index in [0.717, 1.165) is 5.56 Å². The molecule has 0 aromatic heterocycles. The fourth-order valence-corrected chi connectivity index (χ4v) is 9.65. The van der Waals surface area contributed by atoms with Crippen molar-refractivity contribution < 1.29 is 9.53 Å². The number of methoxy groups -OCH3 is 1. The van der Waals surface area contributed by atoms with Crippen LogP contribution in [0, 0.1) is 0 Å². The van der Waals surface area contributed by atoms with E-state index in [0.29, 0.717) is 5.56 Å². The average molecular weight is 355 g/mol. The molecule has 2 aromatic rings. The molecule has 0 aliphatic carbocycles. The van der Waals surface area contributed by atoms with Gasteiger partial charge in [-0.3, -0.25) is 0 Å². The fraction of sp³-hybridized carbons (Fsp3) is 0.250. The predicted molar refractivity (Wildman–Crippen MR) is 108 cm³/mol. The predicted octanol–water partition coefficient (Wildman–Crippen LogP) is 4.43. The quantitative estimate of drug-likeness (QED) is 0.586. The van der Waals surface area contributed by atoms with Crippen molar-refractivity contribution in [3.63, 3.8) is 0 Å². The Balaban J connectivity index is 2.28. The summed E-state index contributed by atoms with van der Waals surface area (Å²) in [6, 6.07) is 18.5. The molecule has 0 amide bonds. The molecule has 0 aliphatic rings. The van der Waals surface area contributed by atoms with Gasteiger partial charge in [0.25, 0.3) is 0 Å². The topological polar surface area (TPSA) is 26.3 Å². The molecular weight excluding hydrogens is 328 g/mol. The van der Waals surface area contributed by atoms with Crippen molar-refractivity contribution in [2.24, 2.45) is 0 Å². The molecule has 0 spiro atoms. The molecule has 0 saturated heterocycles. The minimum absolute atomic E-state index is 0.291. The molecule has 4 heteroatoms. The zero-order valence-electron chi connectivity index (χ0n) is 15.2. The summed E-state index contributed by atoms with van der Waals surface area (Å²) < 4.78 is 4.80. The van der Waals surface area contributed by atoms with E-state index in [1.165, 1.54) is 12.3 Å². The van der Waals surface area contributed by atoms with Crippen molar-refractivity contribution in [3.8, 4) is 0 Å². The summed E-state index contributed by atoms with van der Waals surface area (Å²) >= 11 is 0. The molecule has 0 atom stereocenters. The molecule has 126 valence electrons. The lowest BCUT2D eigenvalue weighted by Gasteiger charge is -2.36. The first kappa shape index (κ1) is 18.4. The van der Waals surface area contributed by atoms with E-state index >= 15 is 0 Å². The maximum Gasteiger partial charge on any atom is 0.337 e. The van der Waals surface area contributed by atoms with Gasteiger partial charge in [-0.15, -0.1) is 0 Å². The van der Waals surface area contributed by atoms with E-state index < -0.39 is 15.2 Å². The second kappa shape index (κ2) is 7.32. The highest BCUT2D eigenvalue weighted by Crippen LogP contribution is 2.22. The summed E-state index contributed by atoms with van der Waals surface area (Å²) in [6.45, 7) is 9.80. The average Bonchev–Trinajstić information content (AvgIpc) is 2.60. The Kier molecular flexibility index (Phi) is 5.62. The van der Waals surface area contributed by atoms with Gasteiger partial charge >= 0.3 is 5.97 Å². The van der Waals surface area contributed by atoms with Crippen LogP contribution < -0.4 is 5.19 Å². The fourth-order valence-electron chi connectivity index (χ4n) is 2.63. The maximum atomic E-state index is 11.7. The summed E-state index contributed by atoms with van der Waals surface area (Å²) in [4.78, 5) is 11.7. The largest absolute Gasteiger partial charge is 0.465 e. The molecule has 2 aromatic carbocycles. The number of hydrogen-bond acceptors (Lipinski definition) is 2. The number of esters is 1. The van der Waals surface area contributed by atoms with Gasteiger partial charge in [-0.1, -0.05) is 85.6 Å². The number of hydrogen-bond donors (Lipinski definition) is 0. The van der Waals surface area contributed by atoms with Gasteiger partial charge in [0.05, 0.1) is 27.9 Å². The second-order valence-electron chi connectivity index (χ2n) is 7.16. The van der Waals surface area contributed by atoms with Gasteiger partial charge in [0.1, 0.15) is 0 Å². The van der Waals surface area contributed by atoms with Crippen molar-refractivity contribution in [2.45, 2.75) is 26.2 Å². The molecule has 0 radical (unpaired) electrons. The zero-order chi connectivity index (χ0) is 17.8. The Morgan fingerprint density at radius 1 is 0.958 bits per heavy atom. The SMILES string of the molecule is COC(=O)c1cccc(/C=C/[Si](C)(C)[Si](C)(C)c2ccccc2)c1. The summed E-state index contributed by atoms with van der Waals surface area (Å²) in [6.07, 6.45) is 2.18. The smallest absolute Gasteiger partial charge is 0.337 e. The Labute approximate surface area is 147 Å². The van der Waals surface area contributed by atoms with Crippen molar-refractivity contribution in [2.75, 3.05) is 7.11 Å². The van der Waals surface area contributed by atoms with Gasteiger partial charge in [-0.2, -0.15) is 0 Å². The zero-order valence-corrected chi connectivity index (χ0v) is 17.2. The monoisotopic (exact) mass is 354 g/mol. The molecule has 0 bridgehead atoms. The van der Waals surface area contributed by atoms with E-state index in [1.54, 1.807) is 6.07 Å². The third-order valence-corrected chi connectivity index (χ3v) is 22.1. The molecular formula is C20H26O2Si2. The van der Waals surface area contributed by atoms with Gasteiger partial charge < -0.3 is 4.74 Å². The summed E-state index contributed by atoms with van der Waals surface area (Å²) in [5.41, 5.74) is 4.07.